The molecule has 0 fully saturated rings. The lowest BCUT2D eigenvalue weighted by Crippen LogP contribution is -2.38. The van der Waals surface area contributed by atoms with E-state index in [1.54, 1.807) is 6.07 Å². The fourth-order valence-corrected chi connectivity index (χ4v) is 6.66. The first-order valence-electron chi connectivity index (χ1n) is 11.8. The third-order valence-corrected chi connectivity index (χ3v) is 9.41. The van der Waals surface area contributed by atoms with Gasteiger partial charge in [0.15, 0.2) is 0 Å². The van der Waals surface area contributed by atoms with E-state index in [9.17, 15) is 34.8 Å². The summed E-state index contributed by atoms with van der Waals surface area (Å²) >= 11 is 12.3. The summed E-state index contributed by atoms with van der Waals surface area (Å²) in [4.78, 5) is 12.6. The van der Waals surface area contributed by atoms with Crippen LogP contribution in [0.25, 0.3) is 0 Å². The monoisotopic (exact) mass is 657 g/mol. The maximum absolute atomic E-state index is 13.5. The number of nitrogens with one attached hydrogen (secondary N) is 2. The SMILES string of the molecule is O=C(CN(c1cc(Cl)ccc1Cl)S(=O)(=O)c1ccccc1)Nc1ccc(S(=O)(=O)Nc2cccc(C(F)(F)F)c2)cc1. The minimum Gasteiger partial charge on any atom is -0.325 e. The number of amides is 1. The van der Waals surface area contributed by atoms with E-state index in [0.29, 0.717) is 6.07 Å². The van der Waals surface area contributed by atoms with Crippen molar-refractivity contribution in [3.05, 3.63) is 113 Å². The van der Waals surface area contributed by atoms with Crippen molar-refractivity contribution in [1.29, 1.82) is 0 Å². The fourth-order valence-electron chi connectivity index (χ4n) is 3.72. The van der Waals surface area contributed by atoms with Crippen LogP contribution in [0.5, 0.6) is 0 Å². The summed E-state index contributed by atoms with van der Waals surface area (Å²) in [5, 5.41) is 2.69. The van der Waals surface area contributed by atoms with Gasteiger partial charge in [-0.2, -0.15) is 13.2 Å². The summed E-state index contributed by atoms with van der Waals surface area (Å²) in [6.07, 6.45) is -4.66. The molecule has 0 bridgehead atoms. The van der Waals surface area contributed by atoms with E-state index in [2.05, 4.69) is 10.0 Å². The standard InChI is InChI=1S/C27H20Cl2F3N3O5S2/c28-19-9-14-24(29)25(16-19)35(42(39,40)23-7-2-1-3-8-23)17-26(36)33-20-10-12-22(13-11-20)41(37,38)34-21-6-4-5-18(15-21)27(30,31)32/h1-16,34H,17H2,(H,33,36). The molecule has 4 aromatic rings. The fraction of sp³-hybridized carbons (Fsp3) is 0.0741. The molecule has 0 radical (unpaired) electrons. The van der Waals surface area contributed by atoms with Gasteiger partial charge in [0.1, 0.15) is 6.54 Å². The van der Waals surface area contributed by atoms with Crippen LogP contribution in [0.4, 0.5) is 30.2 Å². The normalized spacial score (nSPS) is 12.0. The average molecular weight is 659 g/mol. The molecule has 8 nitrogen and oxygen atoms in total. The highest BCUT2D eigenvalue weighted by atomic mass is 35.5. The lowest BCUT2D eigenvalue weighted by atomic mass is 10.2. The van der Waals surface area contributed by atoms with Gasteiger partial charge in [0, 0.05) is 16.4 Å². The van der Waals surface area contributed by atoms with Gasteiger partial charge in [0.2, 0.25) is 5.91 Å². The number of sulfonamides is 2. The summed E-state index contributed by atoms with van der Waals surface area (Å²) in [5.74, 6) is -0.789. The summed E-state index contributed by atoms with van der Waals surface area (Å²) < 4.78 is 94.2. The van der Waals surface area contributed by atoms with Crippen molar-refractivity contribution in [2.45, 2.75) is 16.0 Å². The van der Waals surface area contributed by atoms with Crippen molar-refractivity contribution in [3.8, 4) is 0 Å². The smallest absolute Gasteiger partial charge is 0.325 e. The maximum atomic E-state index is 13.5. The molecule has 0 aromatic heterocycles. The van der Waals surface area contributed by atoms with Gasteiger partial charge in [-0.15, -0.1) is 0 Å². The first-order chi connectivity index (χ1) is 19.7. The van der Waals surface area contributed by atoms with Gasteiger partial charge in [0.25, 0.3) is 20.0 Å². The van der Waals surface area contributed by atoms with Crippen molar-refractivity contribution >= 4 is 66.2 Å². The molecule has 0 aliphatic heterocycles. The predicted octanol–water partition coefficient (Wildman–Crippen LogP) is 6.65. The van der Waals surface area contributed by atoms with Crippen LogP contribution >= 0.6 is 23.2 Å². The molecule has 4 aromatic carbocycles. The van der Waals surface area contributed by atoms with Gasteiger partial charge >= 0.3 is 6.18 Å². The van der Waals surface area contributed by atoms with Crippen LogP contribution in [-0.2, 0) is 31.0 Å². The molecule has 15 heteroatoms. The first-order valence-corrected chi connectivity index (χ1v) is 15.5. The number of carbonyl (C=O) groups excluding carboxylic acids is 1. The second-order valence-corrected chi connectivity index (χ2v) is 13.1. The largest absolute Gasteiger partial charge is 0.416 e. The van der Waals surface area contributed by atoms with E-state index < -0.39 is 44.2 Å². The highest BCUT2D eigenvalue weighted by Crippen LogP contribution is 2.33. The molecule has 0 aliphatic rings. The lowest BCUT2D eigenvalue weighted by molar-refractivity contribution is -0.137. The molecular weight excluding hydrogens is 638 g/mol. The third-order valence-electron chi connectivity index (χ3n) is 5.69. The number of carbonyl (C=O) groups is 1. The molecule has 0 aliphatic carbocycles. The molecular formula is C27H20Cl2F3N3O5S2. The Morgan fingerprint density at radius 2 is 1.43 bits per heavy atom. The Kier molecular flexibility index (Phi) is 9.06. The minimum absolute atomic E-state index is 0.0227. The number of anilines is 3. The second-order valence-electron chi connectivity index (χ2n) is 8.68. The van der Waals surface area contributed by atoms with Gasteiger partial charge in [0.05, 0.1) is 26.1 Å². The van der Waals surface area contributed by atoms with E-state index in [4.69, 9.17) is 23.2 Å². The number of benzene rings is 4. The quantitative estimate of drug-likeness (QED) is 0.209. The molecule has 42 heavy (non-hydrogen) atoms. The van der Waals surface area contributed by atoms with Gasteiger partial charge in [-0.25, -0.2) is 16.8 Å². The minimum atomic E-state index is -4.66. The van der Waals surface area contributed by atoms with Crippen LogP contribution in [0, 0.1) is 0 Å². The van der Waals surface area contributed by atoms with Gasteiger partial charge in [-0.1, -0.05) is 47.5 Å². The van der Waals surface area contributed by atoms with Crippen molar-refractivity contribution in [2.75, 3.05) is 20.9 Å². The van der Waals surface area contributed by atoms with E-state index in [0.717, 1.165) is 28.6 Å². The Morgan fingerprint density at radius 3 is 2.07 bits per heavy atom. The molecule has 1 amide bonds. The number of nitrogens with zero attached hydrogens (tertiary/aromatic N) is 1. The number of rotatable bonds is 9. The first kappa shape index (κ1) is 31.2. The highest BCUT2D eigenvalue weighted by molar-refractivity contribution is 7.93. The molecule has 0 unspecified atom stereocenters. The maximum Gasteiger partial charge on any atom is 0.416 e. The molecule has 0 spiro atoms. The zero-order valence-electron chi connectivity index (χ0n) is 21.1. The van der Waals surface area contributed by atoms with Crippen LogP contribution in [0.2, 0.25) is 10.0 Å². The van der Waals surface area contributed by atoms with Crippen molar-refractivity contribution in [1.82, 2.24) is 0 Å². The number of hydrogen-bond acceptors (Lipinski definition) is 5. The van der Waals surface area contributed by atoms with Crippen LogP contribution in [-0.4, -0.2) is 29.3 Å². The Bertz CT molecular complexity index is 1820. The van der Waals surface area contributed by atoms with E-state index >= 15 is 0 Å². The van der Waals surface area contributed by atoms with Crippen LogP contribution in [0.3, 0.4) is 0 Å². The number of halogens is 5. The summed E-state index contributed by atoms with van der Waals surface area (Å²) in [7, 11) is -8.56. The van der Waals surface area contributed by atoms with Crippen molar-refractivity contribution in [3.63, 3.8) is 0 Å². The Labute approximate surface area is 249 Å². The zero-order valence-corrected chi connectivity index (χ0v) is 24.3. The van der Waals surface area contributed by atoms with Gasteiger partial charge in [-0.05, 0) is 72.8 Å². The predicted molar refractivity (Wildman–Crippen MR) is 155 cm³/mol. The van der Waals surface area contributed by atoms with Crippen LogP contribution in [0.15, 0.2) is 107 Å². The van der Waals surface area contributed by atoms with E-state index in [1.807, 2.05) is 0 Å². The molecule has 0 atom stereocenters. The molecule has 0 heterocycles. The van der Waals surface area contributed by atoms with Crippen LogP contribution < -0.4 is 14.3 Å². The van der Waals surface area contributed by atoms with Gasteiger partial charge < -0.3 is 5.32 Å². The summed E-state index contributed by atoms with van der Waals surface area (Å²) in [6, 6.07) is 19.9. The Hall–Kier alpha value is -3.78. The average Bonchev–Trinajstić information content (AvgIpc) is 2.93. The van der Waals surface area contributed by atoms with E-state index in [-0.39, 0.29) is 36.9 Å². The summed E-state index contributed by atoms with van der Waals surface area (Å²) in [6.45, 7) is -0.714. The Balaban J connectivity index is 1.54. The molecule has 2 N–H and O–H groups in total. The van der Waals surface area contributed by atoms with E-state index in [1.165, 1.54) is 60.7 Å². The highest BCUT2D eigenvalue weighted by Gasteiger charge is 2.31. The zero-order chi connectivity index (χ0) is 30.7. The van der Waals surface area contributed by atoms with Gasteiger partial charge in [-0.3, -0.25) is 13.8 Å². The molecule has 0 saturated heterocycles. The molecule has 0 saturated carbocycles. The number of hydrogen-bond donors (Lipinski definition) is 2. The molecule has 220 valence electrons. The van der Waals surface area contributed by atoms with Crippen molar-refractivity contribution in [2.24, 2.45) is 0 Å². The second kappa shape index (κ2) is 12.2. The topological polar surface area (TPSA) is 113 Å². The number of alkyl halides is 3. The molecule has 4 rings (SSSR count). The van der Waals surface area contributed by atoms with Crippen LogP contribution in [0.1, 0.15) is 5.56 Å². The Morgan fingerprint density at radius 1 is 0.762 bits per heavy atom. The van der Waals surface area contributed by atoms with Crippen molar-refractivity contribution < 1.29 is 34.8 Å². The third kappa shape index (κ3) is 7.34. The summed E-state index contributed by atoms with van der Waals surface area (Å²) in [5.41, 5.74) is -1.23. The lowest BCUT2D eigenvalue weighted by Gasteiger charge is -2.25.